The van der Waals surface area contributed by atoms with Gasteiger partial charge in [-0.2, -0.15) is 0 Å². The van der Waals surface area contributed by atoms with E-state index in [1.807, 2.05) is 5.32 Å². The first kappa shape index (κ1) is 9.57. The number of nitrogens with one attached hydrogen (secondary N) is 1. The Morgan fingerprint density at radius 1 is 1.20 bits per heavy atom. The maximum Gasteiger partial charge on any atom is 0.329 e. The summed E-state index contributed by atoms with van der Waals surface area (Å²) in [5.41, 5.74) is -0.499. The van der Waals surface area contributed by atoms with Crippen LogP contribution in [0.4, 0.5) is 19.3 Å². The zero-order chi connectivity index (χ0) is 11.0. The predicted octanol–water partition coefficient (Wildman–Crippen LogP) is 1.02. The van der Waals surface area contributed by atoms with Gasteiger partial charge in [0.25, 0.3) is 0 Å². The molecular weight excluding hydrogens is 206 g/mol. The van der Waals surface area contributed by atoms with E-state index in [4.69, 9.17) is 0 Å². The van der Waals surface area contributed by atoms with Crippen molar-refractivity contribution in [3.8, 4) is 0 Å². The Labute approximate surface area is 83.5 Å². The lowest BCUT2D eigenvalue weighted by Crippen LogP contribution is -2.29. The number of benzene rings is 1. The minimum absolute atomic E-state index is 0.364. The Morgan fingerprint density at radius 2 is 1.80 bits per heavy atom. The number of urea groups is 1. The van der Waals surface area contributed by atoms with E-state index in [0.29, 0.717) is 0 Å². The van der Waals surface area contributed by atoms with Crippen LogP contribution >= 0.6 is 0 Å². The number of hydrogen-bond acceptors (Lipinski definition) is 2. The number of para-hydroxylation sites is 1. The second-order valence-corrected chi connectivity index (χ2v) is 3.01. The minimum Gasteiger partial charge on any atom is -0.279 e. The van der Waals surface area contributed by atoms with E-state index in [0.717, 1.165) is 17.0 Å². The summed E-state index contributed by atoms with van der Waals surface area (Å²) in [5.74, 6) is -2.33. The number of amides is 3. The number of halogens is 2. The fourth-order valence-electron chi connectivity index (χ4n) is 1.37. The number of carbonyl (C=O) groups is 2. The van der Waals surface area contributed by atoms with Crippen molar-refractivity contribution < 1.29 is 18.4 Å². The number of imide groups is 1. The van der Waals surface area contributed by atoms with Crippen LogP contribution in [-0.2, 0) is 4.79 Å². The van der Waals surface area contributed by atoms with Gasteiger partial charge in [-0.3, -0.25) is 15.0 Å². The maximum absolute atomic E-state index is 13.2. The quantitative estimate of drug-likeness (QED) is 0.706. The van der Waals surface area contributed by atoms with Gasteiger partial charge in [0.05, 0.1) is 0 Å². The van der Waals surface area contributed by atoms with Crippen LogP contribution in [0.15, 0.2) is 18.2 Å². The highest BCUT2D eigenvalue weighted by Gasteiger charge is 2.31. The topological polar surface area (TPSA) is 49.4 Å². The van der Waals surface area contributed by atoms with E-state index in [2.05, 4.69) is 0 Å². The van der Waals surface area contributed by atoms with Gasteiger partial charge >= 0.3 is 6.03 Å². The van der Waals surface area contributed by atoms with Crippen LogP contribution in [0, 0.1) is 11.6 Å². The molecule has 0 bridgehead atoms. The standard InChI is InChI=1S/C9H6F2N2O2/c10-5-2-1-3-6(11)8(5)13-4-7(14)12-9(13)15/h1-3H,4H2,(H,12,14,15). The second kappa shape index (κ2) is 3.30. The van der Waals surface area contributed by atoms with Crippen LogP contribution in [0.2, 0.25) is 0 Å². The molecule has 0 atom stereocenters. The number of anilines is 1. The van der Waals surface area contributed by atoms with E-state index in [1.54, 1.807) is 0 Å². The van der Waals surface area contributed by atoms with Crippen molar-refractivity contribution in [3.63, 3.8) is 0 Å². The molecule has 1 aromatic carbocycles. The molecule has 1 fully saturated rings. The number of hydrogen-bond donors (Lipinski definition) is 1. The molecule has 0 spiro atoms. The lowest BCUT2D eigenvalue weighted by Gasteiger charge is -2.14. The summed E-state index contributed by atoms with van der Waals surface area (Å²) in [4.78, 5) is 22.7. The van der Waals surface area contributed by atoms with Crippen molar-refractivity contribution in [2.24, 2.45) is 0 Å². The number of nitrogens with zero attached hydrogens (tertiary/aromatic N) is 1. The first-order valence-corrected chi connectivity index (χ1v) is 4.15. The van der Waals surface area contributed by atoms with E-state index in [9.17, 15) is 18.4 Å². The lowest BCUT2D eigenvalue weighted by atomic mass is 10.2. The minimum atomic E-state index is -0.875. The smallest absolute Gasteiger partial charge is 0.279 e. The lowest BCUT2D eigenvalue weighted by molar-refractivity contribution is -0.117. The fraction of sp³-hybridized carbons (Fsp3) is 0.111. The zero-order valence-electron chi connectivity index (χ0n) is 7.46. The van der Waals surface area contributed by atoms with Crippen LogP contribution in [-0.4, -0.2) is 18.5 Å². The van der Waals surface area contributed by atoms with Crippen LogP contribution < -0.4 is 10.2 Å². The van der Waals surface area contributed by atoms with Crippen LogP contribution in [0.25, 0.3) is 0 Å². The molecule has 3 amide bonds. The monoisotopic (exact) mass is 212 g/mol. The highest BCUT2D eigenvalue weighted by molar-refractivity contribution is 6.12. The summed E-state index contributed by atoms with van der Waals surface area (Å²) in [7, 11) is 0. The molecule has 1 N–H and O–H groups in total. The molecule has 0 aromatic heterocycles. The van der Waals surface area contributed by atoms with Crippen molar-refractivity contribution in [1.82, 2.24) is 5.32 Å². The normalized spacial score (nSPS) is 15.7. The molecule has 78 valence electrons. The molecular formula is C9H6F2N2O2. The molecule has 6 heteroatoms. The van der Waals surface area contributed by atoms with Gasteiger partial charge in [-0.15, -0.1) is 0 Å². The third-order valence-corrected chi connectivity index (χ3v) is 2.00. The van der Waals surface area contributed by atoms with Gasteiger partial charge in [0, 0.05) is 0 Å². The van der Waals surface area contributed by atoms with Crippen molar-refractivity contribution >= 4 is 17.6 Å². The molecule has 1 aliphatic heterocycles. The third-order valence-electron chi connectivity index (χ3n) is 2.00. The van der Waals surface area contributed by atoms with Gasteiger partial charge in [-0.25, -0.2) is 13.6 Å². The van der Waals surface area contributed by atoms with Gasteiger partial charge in [0.2, 0.25) is 5.91 Å². The Morgan fingerprint density at radius 3 is 2.27 bits per heavy atom. The average molecular weight is 212 g/mol. The third kappa shape index (κ3) is 1.54. The molecule has 1 aromatic rings. The van der Waals surface area contributed by atoms with Crippen molar-refractivity contribution in [2.75, 3.05) is 11.4 Å². The van der Waals surface area contributed by atoms with Crippen molar-refractivity contribution in [1.29, 1.82) is 0 Å². The fourth-order valence-corrected chi connectivity index (χ4v) is 1.37. The summed E-state index contributed by atoms with van der Waals surface area (Å²) in [6.07, 6.45) is 0. The van der Waals surface area contributed by atoms with Gasteiger partial charge < -0.3 is 0 Å². The van der Waals surface area contributed by atoms with E-state index in [-0.39, 0.29) is 6.54 Å². The first-order valence-electron chi connectivity index (χ1n) is 4.15. The molecule has 0 radical (unpaired) electrons. The van der Waals surface area contributed by atoms with Crippen LogP contribution in [0.1, 0.15) is 0 Å². The number of rotatable bonds is 1. The maximum atomic E-state index is 13.2. The van der Waals surface area contributed by atoms with Gasteiger partial charge in [0.15, 0.2) is 0 Å². The summed E-state index contributed by atoms with van der Waals surface area (Å²) in [6.45, 7) is -0.364. The first-order chi connectivity index (χ1) is 7.09. The Kier molecular flexibility index (Phi) is 2.11. The highest BCUT2D eigenvalue weighted by Crippen LogP contribution is 2.24. The summed E-state index contributed by atoms with van der Waals surface area (Å²) >= 11 is 0. The predicted molar refractivity (Wildman–Crippen MR) is 47.2 cm³/mol. The van der Waals surface area contributed by atoms with E-state index < -0.39 is 29.3 Å². The molecule has 15 heavy (non-hydrogen) atoms. The average Bonchev–Trinajstić information content (AvgIpc) is 2.45. The second-order valence-electron chi connectivity index (χ2n) is 3.01. The molecule has 0 unspecified atom stereocenters. The van der Waals surface area contributed by atoms with Crippen LogP contribution in [0.3, 0.4) is 0 Å². The molecule has 2 rings (SSSR count). The largest absolute Gasteiger partial charge is 0.329 e. The number of carbonyl (C=O) groups excluding carboxylic acids is 2. The molecule has 1 aliphatic rings. The van der Waals surface area contributed by atoms with E-state index in [1.165, 1.54) is 6.07 Å². The molecule has 0 aliphatic carbocycles. The SMILES string of the molecule is O=C1CN(c2c(F)cccc2F)C(=O)N1. The zero-order valence-corrected chi connectivity index (χ0v) is 7.46. The summed E-state index contributed by atoms with van der Waals surface area (Å²) < 4.78 is 26.5. The Bertz CT molecular complexity index is 427. The van der Waals surface area contributed by atoms with Crippen molar-refractivity contribution in [3.05, 3.63) is 29.8 Å². The van der Waals surface area contributed by atoms with E-state index >= 15 is 0 Å². The summed E-state index contributed by atoms with van der Waals surface area (Å²) in [6, 6.07) is 2.41. The summed E-state index contributed by atoms with van der Waals surface area (Å²) in [5, 5.41) is 1.93. The van der Waals surface area contributed by atoms with Crippen molar-refractivity contribution in [2.45, 2.75) is 0 Å². The molecule has 0 saturated carbocycles. The molecule has 1 heterocycles. The van der Waals surface area contributed by atoms with Gasteiger partial charge in [-0.1, -0.05) is 6.07 Å². The highest BCUT2D eigenvalue weighted by atomic mass is 19.1. The Balaban J connectivity index is 2.46. The molecule has 4 nitrogen and oxygen atoms in total. The van der Waals surface area contributed by atoms with Gasteiger partial charge in [-0.05, 0) is 12.1 Å². The van der Waals surface area contributed by atoms with Gasteiger partial charge in [0.1, 0.15) is 23.9 Å². The van der Waals surface area contributed by atoms with Crippen LogP contribution in [0.5, 0.6) is 0 Å². The Hall–Kier alpha value is -1.98. The molecule has 1 saturated heterocycles.